The van der Waals surface area contributed by atoms with Crippen LogP contribution in [0.1, 0.15) is 39.6 Å². The Kier molecular flexibility index (Phi) is 4.86. The van der Waals surface area contributed by atoms with Crippen LogP contribution in [0.25, 0.3) is 0 Å². The first-order valence-electron chi connectivity index (χ1n) is 9.49. The van der Waals surface area contributed by atoms with Crippen LogP contribution in [0.2, 0.25) is 0 Å². The predicted octanol–water partition coefficient (Wildman–Crippen LogP) is 3.33. The predicted molar refractivity (Wildman–Crippen MR) is 103 cm³/mol. The summed E-state index contributed by atoms with van der Waals surface area (Å²) in [6.07, 6.45) is 0.184. The number of fused-ring (bicyclic) bond motifs is 1. The highest BCUT2D eigenvalue weighted by Gasteiger charge is 2.43. The van der Waals surface area contributed by atoms with E-state index >= 15 is 0 Å². The zero-order chi connectivity index (χ0) is 19.7. The third-order valence-electron chi connectivity index (χ3n) is 5.48. The molecule has 0 aliphatic carbocycles. The monoisotopic (exact) mass is 378 g/mol. The quantitative estimate of drug-likeness (QED) is 0.769. The summed E-state index contributed by atoms with van der Waals surface area (Å²) in [6, 6.07) is 16.2. The fourth-order valence-corrected chi connectivity index (χ4v) is 4.00. The van der Waals surface area contributed by atoms with E-state index in [1.54, 1.807) is 29.2 Å². The molecule has 3 amide bonds. The molecular formula is C22H22N2O4. The molecule has 1 saturated heterocycles. The Morgan fingerprint density at radius 3 is 2.21 bits per heavy atom. The van der Waals surface area contributed by atoms with E-state index in [0.29, 0.717) is 30.6 Å². The van der Waals surface area contributed by atoms with Crippen molar-refractivity contribution in [2.75, 3.05) is 13.1 Å². The van der Waals surface area contributed by atoms with E-state index in [0.717, 1.165) is 5.56 Å². The van der Waals surface area contributed by atoms with Gasteiger partial charge in [0.25, 0.3) is 11.8 Å². The van der Waals surface area contributed by atoms with Crippen LogP contribution in [0.4, 0.5) is 4.79 Å². The standard InChI is InChI=1S/C22H22N2O4/c1-15-13-23(22(27)28-14-16-7-3-2-4-8-16)12-11-19(15)24-20(25)17-9-5-6-10-18(17)21(24)26/h2-10,15,19H,11-14H2,1H3/t15-,19+/m0/s1. The molecule has 1 fully saturated rings. The molecule has 0 spiro atoms. The van der Waals surface area contributed by atoms with Crippen molar-refractivity contribution in [2.45, 2.75) is 26.0 Å². The van der Waals surface area contributed by atoms with Gasteiger partial charge in [-0.2, -0.15) is 0 Å². The average Bonchev–Trinajstić information content (AvgIpc) is 2.98. The van der Waals surface area contributed by atoms with Crippen LogP contribution in [0, 0.1) is 5.92 Å². The summed E-state index contributed by atoms with van der Waals surface area (Å²) in [7, 11) is 0. The number of hydrogen-bond donors (Lipinski definition) is 0. The SMILES string of the molecule is C[C@H]1CN(C(=O)OCc2ccccc2)CC[C@H]1N1C(=O)c2ccccc2C1=O. The Bertz CT molecular complexity index is 877. The second-order valence-electron chi connectivity index (χ2n) is 7.35. The smallest absolute Gasteiger partial charge is 0.410 e. The molecule has 6 nitrogen and oxygen atoms in total. The van der Waals surface area contributed by atoms with Gasteiger partial charge < -0.3 is 9.64 Å². The summed E-state index contributed by atoms with van der Waals surface area (Å²) >= 11 is 0. The fraction of sp³-hybridized carbons (Fsp3) is 0.318. The van der Waals surface area contributed by atoms with Gasteiger partial charge in [-0.05, 0) is 30.0 Å². The van der Waals surface area contributed by atoms with Crippen LogP contribution >= 0.6 is 0 Å². The molecule has 6 heteroatoms. The molecule has 0 bridgehead atoms. The van der Waals surface area contributed by atoms with Crippen molar-refractivity contribution in [2.24, 2.45) is 5.92 Å². The molecule has 2 aromatic rings. The maximum atomic E-state index is 12.7. The number of piperidine rings is 1. The van der Waals surface area contributed by atoms with Gasteiger partial charge >= 0.3 is 6.09 Å². The summed E-state index contributed by atoms with van der Waals surface area (Å²) in [6.45, 7) is 3.10. The van der Waals surface area contributed by atoms with Gasteiger partial charge in [-0.25, -0.2) is 4.79 Å². The number of nitrogens with zero attached hydrogens (tertiary/aromatic N) is 2. The minimum Gasteiger partial charge on any atom is -0.445 e. The first kappa shape index (κ1) is 18.2. The number of carbonyl (C=O) groups excluding carboxylic acids is 3. The number of hydrogen-bond acceptors (Lipinski definition) is 4. The second kappa shape index (κ2) is 7.46. The minimum absolute atomic E-state index is 0.0276. The van der Waals surface area contributed by atoms with Crippen LogP contribution in [-0.4, -0.2) is 46.8 Å². The summed E-state index contributed by atoms with van der Waals surface area (Å²) < 4.78 is 5.41. The van der Waals surface area contributed by atoms with Crippen molar-refractivity contribution < 1.29 is 19.1 Å². The summed E-state index contributed by atoms with van der Waals surface area (Å²) in [5.41, 5.74) is 1.86. The molecule has 4 rings (SSSR count). The van der Waals surface area contributed by atoms with Gasteiger partial charge in [-0.3, -0.25) is 14.5 Å². The molecule has 0 unspecified atom stereocenters. The van der Waals surface area contributed by atoms with Gasteiger partial charge in [-0.1, -0.05) is 49.4 Å². The maximum absolute atomic E-state index is 12.7. The molecule has 0 saturated carbocycles. The van der Waals surface area contributed by atoms with E-state index in [2.05, 4.69) is 0 Å². The zero-order valence-corrected chi connectivity index (χ0v) is 15.7. The zero-order valence-electron chi connectivity index (χ0n) is 15.7. The number of amides is 3. The van der Waals surface area contributed by atoms with Crippen molar-refractivity contribution in [3.8, 4) is 0 Å². The van der Waals surface area contributed by atoms with Crippen molar-refractivity contribution in [1.29, 1.82) is 0 Å². The van der Waals surface area contributed by atoms with Gasteiger partial charge in [-0.15, -0.1) is 0 Å². The molecule has 0 radical (unpaired) electrons. The molecule has 2 atom stereocenters. The lowest BCUT2D eigenvalue weighted by Crippen LogP contribution is -2.53. The Morgan fingerprint density at radius 2 is 1.61 bits per heavy atom. The summed E-state index contributed by atoms with van der Waals surface area (Å²) in [5, 5.41) is 0. The maximum Gasteiger partial charge on any atom is 0.410 e. The molecule has 0 aromatic heterocycles. The van der Waals surface area contributed by atoms with Gasteiger partial charge in [0.15, 0.2) is 0 Å². The molecule has 2 heterocycles. The van der Waals surface area contributed by atoms with Crippen LogP contribution < -0.4 is 0 Å². The van der Waals surface area contributed by atoms with Gasteiger partial charge in [0.1, 0.15) is 6.61 Å². The van der Waals surface area contributed by atoms with E-state index in [-0.39, 0.29) is 36.5 Å². The fourth-order valence-electron chi connectivity index (χ4n) is 4.00. The number of likely N-dealkylation sites (tertiary alicyclic amines) is 1. The lowest BCUT2D eigenvalue weighted by atomic mass is 9.92. The highest BCUT2D eigenvalue weighted by atomic mass is 16.6. The molecule has 0 N–H and O–H groups in total. The van der Waals surface area contributed by atoms with E-state index in [9.17, 15) is 14.4 Å². The normalized spacial score (nSPS) is 21.6. The van der Waals surface area contributed by atoms with E-state index in [4.69, 9.17) is 4.74 Å². The number of benzene rings is 2. The number of carbonyl (C=O) groups is 3. The Labute approximate surface area is 163 Å². The van der Waals surface area contributed by atoms with Crippen molar-refractivity contribution >= 4 is 17.9 Å². The molecule has 2 aliphatic heterocycles. The van der Waals surface area contributed by atoms with Crippen molar-refractivity contribution in [3.63, 3.8) is 0 Å². The number of rotatable bonds is 3. The van der Waals surface area contributed by atoms with Crippen LogP contribution in [0.5, 0.6) is 0 Å². The highest BCUT2D eigenvalue weighted by molar-refractivity contribution is 6.21. The minimum atomic E-state index is -0.364. The third-order valence-corrected chi connectivity index (χ3v) is 5.48. The molecule has 28 heavy (non-hydrogen) atoms. The second-order valence-corrected chi connectivity index (χ2v) is 7.35. The Hall–Kier alpha value is -3.15. The first-order chi connectivity index (χ1) is 13.6. The van der Waals surface area contributed by atoms with E-state index in [1.165, 1.54) is 4.90 Å². The van der Waals surface area contributed by atoms with Crippen molar-refractivity contribution in [3.05, 3.63) is 71.3 Å². The number of imide groups is 1. The van der Waals surface area contributed by atoms with E-state index in [1.807, 2.05) is 37.3 Å². The van der Waals surface area contributed by atoms with Crippen LogP contribution in [-0.2, 0) is 11.3 Å². The van der Waals surface area contributed by atoms with Crippen LogP contribution in [0.15, 0.2) is 54.6 Å². The van der Waals surface area contributed by atoms with Crippen molar-refractivity contribution in [1.82, 2.24) is 9.80 Å². The lowest BCUT2D eigenvalue weighted by molar-refractivity contribution is 0.0351. The first-order valence-corrected chi connectivity index (χ1v) is 9.49. The lowest BCUT2D eigenvalue weighted by Gasteiger charge is -2.39. The van der Waals surface area contributed by atoms with Gasteiger partial charge in [0.2, 0.25) is 0 Å². The Balaban J connectivity index is 1.39. The van der Waals surface area contributed by atoms with Gasteiger partial charge in [0.05, 0.1) is 11.1 Å². The molecular weight excluding hydrogens is 356 g/mol. The topological polar surface area (TPSA) is 66.9 Å². The van der Waals surface area contributed by atoms with Gasteiger partial charge in [0, 0.05) is 19.1 Å². The van der Waals surface area contributed by atoms with E-state index < -0.39 is 0 Å². The molecule has 2 aromatic carbocycles. The Morgan fingerprint density at radius 1 is 1.00 bits per heavy atom. The molecule has 144 valence electrons. The average molecular weight is 378 g/mol. The number of ether oxygens (including phenoxy) is 1. The third kappa shape index (κ3) is 3.26. The molecule has 2 aliphatic rings. The largest absolute Gasteiger partial charge is 0.445 e. The van der Waals surface area contributed by atoms with Crippen LogP contribution in [0.3, 0.4) is 0 Å². The summed E-state index contributed by atoms with van der Waals surface area (Å²) in [4.78, 5) is 40.9. The summed E-state index contributed by atoms with van der Waals surface area (Å²) in [5.74, 6) is -0.504. The highest BCUT2D eigenvalue weighted by Crippen LogP contribution is 2.31.